The van der Waals surface area contributed by atoms with Crippen LogP contribution in [0.15, 0.2) is 42.7 Å². The minimum absolute atomic E-state index is 0.467. The van der Waals surface area contributed by atoms with Crippen LogP contribution in [0.3, 0.4) is 0 Å². The van der Waals surface area contributed by atoms with Crippen molar-refractivity contribution in [3.05, 3.63) is 53.4 Å². The Morgan fingerprint density at radius 2 is 2.05 bits per heavy atom. The monoisotopic (exact) mass is 273 g/mol. The molecule has 0 aliphatic rings. The number of methoxy groups -OCH3 is 1. The Labute approximate surface area is 115 Å². The second-order valence-electron chi connectivity index (χ2n) is 4.16. The molecule has 4 nitrogen and oxygen atoms in total. The zero-order chi connectivity index (χ0) is 13.2. The van der Waals surface area contributed by atoms with Crippen molar-refractivity contribution in [1.82, 2.24) is 14.5 Å². The van der Waals surface area contributed by atoms with Gasteiger partial charge >= 0.3 is 0 Å². The van der Waals surface area contributed by atoms with Crippen molar-refractivity contribution in [3.8, 4) is 5.75 Å². The van der Waals surface area contributed by atoms with Crippen LogP contribution in [0.4, 0.5) is 0 Å². The normalized spacial score (nSPS) is 10.8. The molecule has 0 saturated carbocycles. The van der Waals surface area contributed by atoms with E-state index in [0.29, 0.717) is 11.7 Å². The molecule has 96 valence electrons. The Balaban J connectivity index is 2.03. The summed E-state index contributed by atoms with van der Waals surface area (Å²) in [7, 11) is 1.67. The van der Waals surface area contributed by atoms with Crippen LogP contribution < -0.4 is 4.74 Å². The topological polar surface area (TPSA) is 39.9 Å². The minimum Gasteiger partial charge on any atom is -0.496 e. The molecule has 2 aromatic heterocycles. The number of pyridine rings is 1. The number of hydrogen-bond donors (Lipinski definition) is 0. The second-order valence-corrected chi connectivity index (χ2v) is 4.55. The summed E-state index contributed by atoms with van der Waals surface area (Å²) in [6.45, 7) is 0.647. The molecule has 3 rings (SSSR count). The first kappa shape index (κ1) is 12.0. The summed E-state index contributed by atoms with van der Waals surface area (Å²) in [5, 5.41) is 0.467. The molecule has 0 unspecified atom stereocenters. The van der Waals surface area contributed by atoms with Crippen LogP contribution in [0.25, 0.3) is 11.2 Å². The molecule has 5 heteroatoms. The van der Waals surface area contributed by atoms with E-state index in [4.69, 9.17) is 16.3 Å². The summed E-state index contributed by atoms with van der Waals surface area (Å²) in [4.78, 5) is 8.62. The maximum absolute atomic E-state index is 5.93. The SMILES string of the molecule is COc1ccccc1Cn1cnc2ccc(Cl)nc21. The molecule has 0 aliphatic carbocycles. The minimum atomic E-state index is 0.467. The third kappa shape index (κ3) is 2.27. The molecule has 0 spiro atoms. The number of nitrogens with zero attached hydrogens (tertiary/aromatic N) is 3. The lowest BCUT2D eigenvalue weighted by atomic mass is 10.2. The van der Waals surface area contributed by atoms with Gasteiger partial charge in [-0.2, -0.15) is 0 Å². The van der Waals surface area contributed by atoms with Crippen LogP contribution in [-0.2, 0) is 6.54 Å². The maximum Gasteiger partial charge on any atom is 0.161 e. The van der Waals surface area contributed by atoms with Crippen LogP contribution in [0.2, 0.25) is 5.15 Å². The first-order valence-corrected chi connectivity index (χ1v) is 6.25. The van der Waals surface area contributed by atoms with E-state index in [-0.39, 0.29) is 0 Å². The lowest BCUT2D eigenvalue weighted by Crippen LogP contribution is -2.01. The number of rotatable bonds is 3. The number of hydrogen-bond acceptors (Lipinski definition) is 3. The van der Waals surface area contributed by atoms with Crippen molar-refractivity contribution < 1.29 is 4.74 Å². The van der Waals surface area contributed by atoms with Gasteiger partial charge in [-0.05, 0) is 18.2 Å². The van der Waals surface area contributed by atoms with E-state index < -0.39 is 0 Å². The molecule has 1 aromatic carbocycles. The second kappa shape index (κ2) is 4.90. The fraction of sp³-hybridized carbons (Fsp3) is 0.143. The Bertz CT molecular complexity index is 724. The van der Waals surface area contributed by atoms with E-state index in [1.807, 2.05) is 34.9 Å². The van der Waals surface area contributed by atoms with Crippen LogP contribution >= 0.6 is 11.6 Å². The zero-order valence-electron chi connectivity index (χ0n) is 10.4. The maximum atomic E-state index is 5.93. The standard InChI is InChI=1S/C14H12ClN3O/c1-19-12-5-3-2-4-10(12)8-18-9-16-11-6-7-13(15)17-14(11)18/h2-7,9H,8H2,1H3. The Kier molecular flexibility index (Phi) is 3.09. The molecule has 0 aliphatic heterocycles. The summed E-state index contributed by atoms with van der Waals surface area (Å²) in [6.07, 6.45) is 1.76. The smallest absolute Gasteiger partial charge is 0.161 e. The highest BCUT2D eigenvalue weighted by Crippen LogP contribution is 2.21. The van der Waals surface area contributed by atoms with E-state index in [2.05, 4.69) is 9.97 Å². The summed E-state index contributed by atoms with van der Waals surface area (Å²) >= 11 is 5.93. The Hall–Kier alpha value is -2.07. The number of ether oxygens (including phenoxy) is 1. The number of imidazole rings is 1. The van der Waals surface area contributed by atoms with Gasteiger partial charge in [-0.3, -0.25) is 0 Å². The predicted molar refractivity (Wildman–Crippen MR) is 74.6 cm³/mol. The molecule has 0 saturated heterocycles. The highest BCUT2D eigenvalue weighted by Gasteiger charge is 2.08. The van der Waals surface area contributed by atoms with E-state index in [1.165, 1.54) is 0 Å². The van der Waals surface area contributed by atoms with E-state index in [0.717, 1.165) is 22.5 Å². The number of para-hydroxylation sites is 1. The average Bonchev–Trinajstić information content (AvgIpc) is 2.82. The first-order valence-electron chi connectivity index (χ1n) is 5.87. The molecule has 0 bridgehead atoms. The van der Waals surface area contributed by atoms with E-state index in [1.54, 1.807) is 19.5 Å². The van der Waals surface area contributed by atoms with Crippen molar-refractivity contribution in [2.24, 2.45) is 0 Å². The Morgan fingerprint density at radius 3 is 2.89 bits per heavy atom. The third-order valence-electron chi connectivity index (χ3n) is 2.96. The van der Waals surface area contributed by atoms with Crippen LogP contribution in [0, 0.1) is 0 Å². The van der Waals surface area contributed by atoms with Crippen molar-refractivity contribution >= 4 is 22.8 Å². The van der Waals surface area contributed by atoms with Gasteiger partial charge in [-0.15, -0.1) is 0 Å². The first-order chi connectivity index (χ1) is 9.28. The lowest BCUT2D eigenvalue weighted by Gasteiger charge is -2.09. The fourth-order valence-corrected chi connectivity index (χ4v) is 2.19. The van der Waals surface area contributed by atoms with Crippen molar-refractivity contribution in [1.29, 1.82) is 0 Å². The lowest BCUT2D eigenvalue weighted by molar-refractivity contribution is 0.408. The largest absolute Gasteiger partial charge is 0.496 e. The molecule has 0 N–H and O–H groups in total. The molecular formula is C14H12ClN3O. The van der Waals surface area contributed by atoms with Gasteiger partial charge in [0.1, 0.15) is 16.4 Å². The van der Waals surface area contributed by atoms with Gasteiger partial charge in [0.15, 0.2) is 5.65 Å². The van der Waals surface area contributed by atoms with Crippen LogP contribution in [0.5, 0.6) is 5.75 Å². The van der Waals surface area contributed by atoms with Crippen LogP contribution in [0.1, 0.15) is 5.56 Å². The van der Waals surface area contributed by atoms with E-state index >= 15 is 0 Å². The summed E-state index contributed by atoms with van der Waals surface area (Å²) in [5.74, 6) is 0.853. The van der Waals surface area contributed by atoms with Crippen molar-refractivity contribution in [2.75, 3.05) is 7.11 Å². The van der Waals surface area contributed by atoms with E-state index in [9.17, 15) is 0 Å². The zero-order valence-corrected chi connectivity index (χ0v) is 11.1. The molecule has 0 radical (unpaired) electrons. The summed E-state index contributed by atoms with van der Waals surface area (Å²) in [6, 6.07) is 11.5. The molecular weight excluding hydrogens is 262 g/mol. The predicted octanol–water partition coefficient (Wildman–Crippen LogP) is 3.14. The quantitative estimate of drug-likeness (QED) is 0.688. The average molecular weight is 274 g/mol. The van der Waals surface area contributed by atoms with Crippen LogP contribution in [-0.4, -0.2) is 21.6 Å². The molecule has 19 heavy (non-hydrogen) atoms. The number of fused-ring (bicyclic) bond motifs is 1. The number of halogens is 1. The Morgan fingerprint density at radius 1 is 1.21 bits per heavy atom. The molecule has 3 aromatic rings. The highest BCUT2D eigenvalue weighted by atomic mass is 35.5. The van der Waals surface area contributed by atoms with Gasteiger partial charge in [0.05, 0.1) is 20.0 Å². The summed E-state index contributed by atoms with van der Waals surface area (Å²) in [5.41, 5.74) is 2.68. The fourth-order valence-electron chi connectivity index (χ4n) is 2.05. The molecule has 0 atom stereocenters. The van der Waals surface area contributed by atoms with Crippen molar-refractivity contribution in [2.45, 2.75) is 6.54 Å². The van der Waals surface area contributed by atoms with Crippen molar-refractivity contribution in [3.63, 3.8) is 0 Å². The third-order valence-corrected chi connectivity index (χ3v) is 3.17. The van der Waals surface area contributed by atoms with Gasteiger partial charge < -0.3 is 9.30 Å². The van der Waals surface area contributed by atoms with Gasteiger partial charge in [-0.25, -0.2) is 9.97 Å². The van der Waals surface area contributed by atoms with Gasteiger partial charge in [0.25, 0.3) is 0 Å². The van der Waals surface area contributed by atoms with Gasteiger partial charge in [0, 0.05) is 5.56 Å². The number of benzene rings is 1. The number of aromatic nitrogens is 3. The highest BCUT2D eigenvalue weighted by molar-refractivity contribution is 6.29. The van der Waals surface area contributed by atoms with Gasteiger partial charge in [0.2, 0.25) is 0 Å². The van der Waals surface area contributed by atoms with Gasteiger partial charge in [-0.1, -0.05) is 29.8 Å². The molecule has 2 heterocycles. The summed E-state index contributed by atoms with van der Waals surface area (Å²) < 4.78 is 7.31. The molecule has 0 amide bonds. The molecule has 0 fully saturated rings.